The van der Waals surface area contributed by atoms with Crippen LogP contribution in [0, 0.1) is 23.6 Å². The number of carbonyl (C=O) groups is 4. The molecule has 1 saturated heterocycles. The summed E-state index contributed by atoms with van der Waals surface area (Å²) in [6.07, 6.45) is -8.88. The second kappa shape index (κ2) is 16.3. The fraction of sp³-hybridized carbons (Fsp3) is 0.641. The van der Waals surface area contributed by atoms with Gasteiger partial charge in [0.2, 0.25) is 39.0 Å². The molecule has 23 heteroatoms. The minimum atomic E-state index is -5.22. The van der Waals surface area contributed by atoms with Crippen molar-refractivity contribution in [2.24, 2.45) is 17.8 Å². The van der Waals surface area contributed by atoms with Crippen LogP contribution in [0.1, 0.15) is 85.3 Å². The molecule has 2 saturated carbocycles. The van der Waals surface area contributed by atoms with Crippen LogP contribution in [-0.4, -0.2) is 101 Å². The van der Waals surface area contributed by atoms with Crippen molar-refractivity contribution >= 4 is 44.9 Å². The summed E-state index contributed by atoms with van der Waals surface area (Å²) in [4.78, 5) is 64.5. The van der Waals surface area contributed by atoms with Gasteiger partial charge in [-0.1, -0.05) is 26.0 Å². The molecule has 0 radical (unpaired) electrons. The maximum Gasteiger partial charge on any atom is 0.438 e. The van der Waals surface area contributed by atoms with Crippen LogP contribution in [0.5, 0.6) is 11.6 Å². The molecule has 3 fully saturated rings. The predicted octanol–water partition coefficient (Wildman–Crippen LogP) is 5.47. The van der Waals surface area contributed by atoms with E-state index in [1.54, 1.807) is 12.2 Å². The monoisotopic (exact) mass is 908 g/mol. The SMILES string of the molecule is COc1cc2nc(O[C@@H]3C[C@H]4C(=O)N[C@]5(C(=O)NS(=O)(=O)C6(C)CC6)C[C@H]5/C=C\CC[C@H](C)C[C@@H](C)[C@H](NC(=O)OC(C)(C)C(F)(F)F)C(=O)N4C3)c(C(F)(F)F)nc2cc1F. The van der Waals surface area contributed by atoms with Crippen LogP contribution >= 0.6 is 0 Å². The summed E-state index contributed by atoms with van der Waals surface area (Å²) >= 11 is 0. The molecule has 6 rings (SSSR count). The molecule has 2 aliphatic heterocycles. The number of benzene rings is 1. The summed E-state index contributed by atoms with van der Waals surface area (Å²) in [5.41, 5.74) is -7.32. The number of rotatable bonds is 8. The summed E-state index contributed by atoms with van der Waals surface area (Å²) in [7, 11) is -3.10. The lowest BCUT2D eigenvalue weighted by Crippen LogP contribution is -2.59. The van der Waals surface area contributed by atoms with E-state index < -0.39 is 128 Å². The Kier molecular flexibility index (Phi) is 12.2. The number of sulfonamides is 1. The normalized spacial score (nSPS) is 28.6. The van der Waals surface area contributed by atoms with E-state index in [-0.39, 0.29) is 42.9 Å². The summed E-state index contributed by atoms with van der Waals surface area (Å²) < 4.78 is 142. The Morgan fingerprint density at radius 2 is 1.68 bits per heavy atom. The Bertz CT molecular complexity index is 2270. The topological polar surface area (TPSA) is 195 Å². The number of alkyl halides is 6. The van der Waals surface area contributed by atoms with Crippen LogP contribution in [0.2, 0.25) is 0 Å². The van der Waals surface area contributed by atoms with Crippen molar-refractivity contribution in [2.75, 3.05) is 13.7 Å². The largest absolute Gasteiger partial charge is 0.494 e. The highest BCUT2D eigenvalue weighted by Crippen LogP contribution is 2.48. The zero-order valence-corrected chi connectivity index (χ0v) is 35.3. The van der Waals surface area contributed by atoms with Crippen molar-refractivity contribution < 1.29 is 72.5 Å². The van der Waals surface area contributed by atoms with E-state index in [1.807, 2.05) is 6.92 Å². The van der Waals surface area contributed by atoms with E-state index in [0.29, 0.717) is 32.8 Å². The minimum Gasteiger partial charge on any atom is -0.494 e. The van der Waals surface area contributed by atoms with Gasteiger partial charge in [0.05, 0.1) is 29.4 Å². The van der Waals surface area contributed by atoms with E-state index in [2.05, 4.69) is 25.3 Å². The van der Waals surface area contributed by atoms with Crippen LogP contribution in [0.3, 0.4) is 0 Å². The maximum atomic E-state index is 14.7. The Hall–Kier alpha value is -4.96. The van der Waals surface area contributed by atoms with Gasteiger partial charge in [0, 0.05) is 24.5 Å². The lowest BCUT2D eigenvalue weighted by molar-refractivity contribution is -0.244. The molecule has 342 valence electrons. The van der Waals surface area contributed by atoms with Crippen molar-refractivity contribution in [3.8, 4) is 11.6 Å². The van der Waals surface area contributed by atoms with Crippen molar-refractivity contribution in [1.29, 1.82) is 0 Å². The van der Waals surface area contributed by atoms with Gasteiger partial charge in [-0.15, -0.1) is 0 Å². The van der Waals surface area contributed by atoms with Gasteiger partial charge in [-0.3, -0.25) is 19.1 Å². The molecule has 15 nitrogen and oxygen atoms in total. The summed E-state index contributed by atoms with van der Waals surface area (Å²) in [6, 6.07) is -1.70. The van der Waals surface area contributed by atoms with Crippen LogP contribution < -0.4 is 24.8 Å². The zero-order chi connectivity index (χ0) is 46.0. The quantitative estimate of drug-likeness (QED) is 0.225. The van der Waals surface area contributed by atoms with E-state index >= 15 is 0 Å². The van der Waals surface area contributed by atoms with Gasteiger partial charge in [-0.2, -0.15) is 26.3 Å². The number of hydrogen-bond donors (Lipinski definition) is 3. The molecule has 0 spiro atoms. The third kappa shape index (κ3) is 9.36. The number of allylic oxidation sites excluding steroid dienone is 1. The van der Waals surface area contributed by atoms with Gasteiger partial charge in [0.1, 0.15) is 23.7 Å². The Morgan fingerprint density at radius 1 is 1.02 bits per heavy atom. The number of fused-ring (bicyclic) bond motifs is 3. The van der Waals surface area contributed by atoms with Gasteiger partial charge < -0.3 is 29.7 Å². The van der Waals surface area contributed by atoms with Gasteiger partial charge >= 0.3 is 18.4 Å². The lowest BCUT2D eigenvalue weighted by atomic mass is 9.88. The van der Waals surface area contributed by atoms with Crippen LogP contribution in [0.15, 0.2) is 24.3 Å². The summed E-state index contributed by atoms with van der Waals surface area (Å²) in [6.45, 7) is 5.34. The average Bonchev–Trinajstić information content (AvgIpc) is 4.03. The summed E-state index contributed by atoms with van der Waals surface area (Å²) in [5.74, 6) is -7.41. The highest BCUT2D eigenvalue weighted by atomic mass is 32.2. The first-order valence-electron chi connectivity index (χ1n) is 19.8. The maximum absolute atomic E-state index is 14.7. The summed E-state index contributed by atoms with van der Waals surface area (Å²) in [5, 5.41) is 4.82. The second-order valence-electron chi connectivity index (χ2n) is 17.3. The van der Waals surface area contributed by atoms with Gasteiger partial charge in [-0.25, -0.2) is 27.6 Å². The molecular formula is C39H47F7N6O9S. The van der Waals surface area contributed by atoms with Crippen molar-refractivity contribution in [3.63, 3.8) is 0 Å². The van der Waals surface area contributed by atoms with Crippen molar-refractivity contribution in [2.45, 2.75) is 126 Å². The van der Waals surface area contributed by atoms with E-state index in [1.165, 1.54) is 13.8 Å². The number of halogens is 7. The predicted molar refractivity (Wildman–Crippen MR) is 204 cm³/mol. The molecular weight excluding hydrogens is 862 g/mol. The molecule has 4 amide bonds. The number of hydrogen-bond acceptors (Lipinski definition) is 11. The molecule has 7 atom stereocenters. The van der Waals surface area contributed by atoms with E-state index in [9.17, 15) is 58.3 Å². The van der Waals surface area contributed by atoms with Crippen LogP contribution in [0.25, 0.3) is 11.0 Å². The van der Waals surface area contributed by atoms with Gasteiger partial charge in [0.15, 0.2) is 11.6 Å². The molecule has 1 aromatic carbocycles. The molecule has 62 heavy (non-hydrogen) atoms. The van der Waals surface area contributed by atoms with Gasteiger partial charge in [0.25, 0.3) is 5.91 Å². The Balaban J connectivity index is 1.39. The first-order chi connectivity index (χ1) is 28.6. The average molecular weight is 909 g/mol. The molecule has 0 unspecified atom stereocenters. The van der Waals surface area contributed by atoms with Crippen LogP contribution in [0.4, 0.5) is 35.5 Å². The molecule has 2 aliphatic carbocycles. The number of amides is 4. The highest BCUT2D eigenvalue weighted by molar-refractivity contribution is 7.91. The standard InChI is InChI=1S/C39H47F7N6O9S/c1-19-9-7-8-10-21-17-37(21,33(55)51-62(57,58)36(5)11-12-36)50-30(53)26-14-22(60-31-29(38(41,42)43)47-24-15-23(40)27(59-6)16-25(24)48-31)18-52(26)32(54)28(20(2)13-19)49-34(56)61-35(3,4)39(44,45)46/h8,10,15-16,19-22,26,28H,7,9,11-14,17-18H2,1-6H3,(H,49,56)(H,50,53)(H,51,55)/b10-8-/t19-,20+,21+,22+,26-,28-,37+/m0/s1. The van der Waals surface area contributed by atoms with Gasteiger partial charge in [-0.05, 0) is 71.1 Å². The number of alkyl carbamates (subject to hydrolysis) is 1. The molecule has 3 heterocycles. The van der Waals surface area contributed by atoms with Crippen LogP contribution in [-0.2, 0) is 35.3 Å². The number of aromatic nitrogens is 2. The number of nitrogens with one attached hydrogen (secondary N) is 3. The first-order valence-corrected chi connectivity index (χ1v) is 21.3. The van der Waals surface area contributed by atoms with Crippen molar-refractivity contribution in [3.05, 3.63) is 35.8 Å². The molecule has 2 aromatic rings. The lowest BCUT2D eigenvalue weighted by Gasteiger charge is -2.34. The van der Waals surface area contributed by atoms with Crippen molar-refractivity contribution in [1.82, 2.24) is 30.2 Å². The van der Waals surface area contributed by atoms with E-state index in [0.717, 1.165) is 18.1 Å². The fourth-order valence-electron chi connectivity index (χ4n) is 7.67. The number of nitrogens with zero attached hydrogens (tertiary/aromatic N) is 3. The van der Waals surface area contributed by atoms with E-state index in [4.69, 9.17) is 14.2 Å². The molecule has 3 N–H and O–H groups in total. The number of ether oxygens (including phenoxy) is 3. The highest BCUT2D eigenvalue weighted by Gasteiger charge is 2.63. The first kappa shape index (κ1) is 46.5. The zero-order valence-electron chi connectivity index (χ0n) is 34.5. The fourth-order valence-corrected chi connectivity index (χ4v) is 8.98. The molecule has 4 aliphatic rings. The molecule has 0 bridgehead atoms. The Morgan fingerprint density at radius 3 is 2.29 bits per heavy atom. The minimum absolute atomic E-state index is 0.0584. The smallest absolute Gasteiger partial charge is 0.438 e. The number of carbonyl (C=O) groups excluding carboxylic acids is 4. The third-order valence-corrected chi connectivity index (χ3v) is 14.2. The Labute approximate surface area is 351 Å². The molecule has 1 aromatic heterocycles. The number of methoxy groups -OCH3 is 1. The third-order valence-electron chi connectivity index (χ3n) is 12.0. The second-order valence-corrected chi connectivity index (χ2v) is 19.5.